The standard InChI is InChI=1S/C14H22ClN3S/c1-9(2)13(8-18(3)4)17-12-6-5-10(14(16)19)7-11(12)15/h5-7,9,13,17H,8H2,1-4H3,(H2,16,19). The smallest absolute Gasteiger partial charge is 0.104 e. The van der Waals surface area contributed by atoms with Crippen molar-refractivity contribution < 1.29 is 0 Å². The lowest BCUT2D eigenvalue weighted by Crippen LogP contribution is -2.36. The van der Waals surface area contributed by atoms with Gasteiger partial charge in [0.1, 0.15) is 4.99 Å². The van der Waals surface area contributed by atoms with E-state index in [-0.39, 0.29) is 0 Å². The summed E-state index contributed by atoms with van der Waals surface area (Å²) in [6, 6.07) is 5.97. The highest BCUT2D eigenvalue weighted by Crippen LogP contribution is 2.25. The Morgan fingerprint density at radius 1 is 1.42 bits per heavy atom. The van der Waals surface area contributed by atoms with Gasteiger partial charge < -0.3 is 16.0 Å². The molecule has 0 aliphatic heterocycles. The highest BCUT2D eigenvalue weighted by molar-refractivity contribution is 7.80. The SMILES string of the molecule is CC(C)C(CN(C)C)Nc1ccc(C(N)=S)cc1Cl. The lowest BCUT2D eigenvalue weighted by atomic mass is 10.0. The summed E-state index contributed by atoms with van der Waals surface area (Å²) < 4.78 is 0. The third-order valence-electron chi connectivity index (χ3n) is 2.96. The summed E-state index contributed by atoms with van der Waals surface area (Å²) in [5, 5.41) is 4.13. The first-order valence-corrected chi connectivity index (χ1v) is 7.10. The molecule has 0 fully saturated rings. The van der Waals surface area contributed by atoms with Crippen molar-refractivity contribution in [1.29, 1.82) is 0 Å². The van der Waals surface area contributed by atoms with Gasteiger partial charge in [-0.15, -0.1) is 0 Å². The molecule has 3 N–H and O–H groups in total. The van der Waals surface area contributed by atoms with Crippen LogP contribution in [0, 0.1) is 5.92 Å². The summed E-state index contributed by atoms with van der Waals surface area (Å²) in [6.45, 7) is 5.34. The second-order valence-electron chi connectivity index (χ2n) is 5.32. The predicted molar refractivity (Wildman–Crippen MR) is 88.1 cm³/mol. The number of benzene rings is 1. The molecule has 1 unspecified atom stereocenters. The van der Waals surface area contributed by atoms with Gasteiger partial charge in [0.05, 0.1) is 10.7 Å². The lowest BCUT2D eigenvalue weighted by molar-refractivity contribution is 0.344. The highest BCUT2D eigenvalue weighted by Gasteiger charge is 2.15. The van der Waals surface area contributed by atoms with Crippen molar-refractivity contribution >= 4 is 34.5 Å². The number of hydrogen-bond donors (Lipinski definition) is 2. The molecule has 0 heterocycles. The maximum atomic E-state index is 6.27. The van der Waals surface area contributed by atoms with Gasteiger partial charge in [-0.05, 0) is 38.2 Å². The molecule has 1 atom stereocenters. The fourth-order valence-corrected chi connectivity index (χ4v) is 2.16. The van der Waals surface area contributed by atoms with E-state index >= 15 is 0 Å². The molecule has 3 nitrogen and oxygen atoms in total. The first-order valence-electron chi connectivity index (χ1n) is 6.32. The molecule has 5 heteroatoms. The van der Waals surface area contributed by atoms with E-state index < -0.39 is 0 Å². The Hall–Kier alpha value is -0.840. The van der Waals surface area contributed by atoms with Crippen LogP contribution in [0.15, 0.2) is 18.2 Å². The van der Waals surface area contributed by atoms with Crippen molar-refractivity contribution in [2.45, 2.75) is 19.9 Å². The molecular formula is C14H22ClN3S. The largest absolute Gasteiger partial charge is 0.389 e. The van der Waals surface area contributed by atoms with Crippen LogP contribution in [0.2, 0.25) is 5.02 Å². The van der Waals surface area contributed by atoms with E-state index in [9.17, 15) is 0 Å². The number of nitrogens with one attached hydrogen (secondary N) is 1. The number of halogens is 1. The molecule has 1 aromatic carbocycles. The van der Waals surface area contributed by atoms with Crippen LogP contribution < -0.4 is 11.1 Å². The van der Waals surface area contributed by atoms with Crippen molar-refractivity contribution in [3.05, 3.63) is 28.8 Å². The van der Waals surface area contributed by atoms with Gasteiger partial charge in [0.2, 0.25) is 0 Å². The quantitative estimate of drug-likeness (QED) is 0.793. The molecule has 0 saturated carbocycles. The molecule has 0 radical (unpaired) electrons. The molecule has 1 rings (SSSR count). The molecule has 0 amide bonds. The third kappa shape index (κ3) is 4.97. The van der Waals surface area contributed by atoms with Crippen LogP contribution in [0.25, 0.3) is 0 Å². The summed E-state index contributed by atoms with van der Waals surface area (Å²) in [4.78, 5) is 2.52. The minimum absolute atomic E-state index is 0.336. The Balaban J connectivity index is 2.88. The zero-order valence-electron chi connectivity index (χ0n) is 11.9. The molecule has 0 aromatic heterocycles. The van der Waals surface area contributed by atoms with Gasteiger partial charge in [-0.1, -0.05) is 37.7 Å². The molecule has 0 spiro atoms. The molecule has 0 saturated heterocycles. The summed E-state index contributed by atoms with van der Waals surface area (Å²) in [6.07, 6.45) is 0. The van der Waals surface area contributed by atoms with Crippen LogP contribution >= 0.6 is 23.8 Å². The van der Waals surface area contributed by atoms with E-state index in [1.165, 1.54) is 0 Å². The summed E-state index contributed by atoms with van der Waals surface area (Å²) in [5.41, 5.74) is 7.30. The molecule has 1 aromatic rings. The van der Waals surface area contributed by atoms with Gasteiger partial charge in [-0.3, -0.25) is 0 Å². The topological polar surface area (TPSA) is 41.3 Å². The normalized spacial score (nSPS) is 12.8. The summed E-state index contributed by atoms with van der Waals surface area (Å²) in [7, 11) is 4.13. The van der Waals surface area contributed by atoms with Crippen molar-refractivity contribution in [1.82, 2.24) is 4.90 Å². The fraction of sp³-hybridized carbons (Fsp3) is 0.500. The van der Waals surface area contributed by atoms with E-state index in [2.05, 4.69) is 38.2 Å². The van der Waals surface area contributed by atoms with E-state index in [1.807, 2.05) is 12.1 Å². The van der Waals surface area contributed by atoms with Crippen LogP contribution in [-0.4, -0.2) is 36.6 Å². The fourth-order valence-electron chi connectivity index (χ4n) is 1.80. The number of thiocarbonyl (C=S) groups is 1. The molecule has 0 bridgehead atoms. The van der Waals surface area contributed by atoms with E-state index in [1.54, 1.807) is 6.07 Å². The summed E-state index contributed by atoms with van der Waals surface area (Å²) >= 11 is 11.2. The average molecular weight is 300 g/mol. The van der Waals surface area contributed by atoms with Crippen LogP contribution in [0.4, 0.5) is 5.69 Å². The number of anilines is 1. The van der Waals surface area contributed by atoms with Crippen LogP contribution in [0.3, 0.4) is 0 Å². The average Bonchev–Trinajstić information content (AvgIpc) is 2.29. The molecule has 0 aliphatic rings. The van der Waals surface area contributed by atoms with E-state index in [0.29, 0.717) is 22.0 Å². The van der Waals surface area contributed by atoms with Gasteiger partial charge in [0, 0.05) is 18.2 Å². The maximum Gasteiger partial charge on any atom is 0.104 e. The Morgan fingerprint density at radius 2 is 2.05 bits per heavy atom. The van der Waals surface area contributed by atoms with Gasteiger partial charge in [-0.25, -0.2) is 0 Å². The van der Waals surface area contributed by atoms with Crippen molar-refractivity contribution in [2.24, 2.45) is 11.7 Å². The minimum atomic E-state index is 0.336. The highest BCUT2D eigenvalue weighted by atomic mass is 35.5. The van der Waals surface area contributed by atoms with Crippen molar-refractivity contribution in [3.63, 3.8) is 0 Å². The van der Waals surface area contributed by atoms with Crippen molar-refractivity contribution in [3.8, 4) is 0 Å². The number of nitrogens with two attached hydrogens (primary N) is 1. The lowest BCUT2D eigenvalue weighted by Gasteiger charge is -2.27. The monoisotopic (exact) mass is 299 g/mol. The Morgan fingerprint density at radius 3 is 2.47 bits per heavy atom. The molecule has 19 heavy (non-hydrogen) atoms. The number of hydrogen-bond acceptors (Lipinski definition) is 3. The predicted octanol–water partition coefficient (Wildman–Crippen LogP) is 2.97. The second kappa shape index (κ2) is 7.08. The Labute approximate surface area is 126 Å². The van der Waals surface area contributed by atoms with Crippen LogP contribution in [0.1, 0.15) is 19.4 Å². The van der Waals surface area contributed by atoms with E-state index in [0.717, 1.165) is 17.8 Å². The van der Waals surface area contributed by atoms with E-state index in [4.69, 9.17) is 29.6 Å². The molecular weight excluding hydrogens is 278 g/mol. The Bertz CT molecular complexity index is 446. The first-order chi connectivity index (χ1) is 8.81. The third-order valence-corrected chi connectivity index (χ3v) is 3.51. The molecule has 106 valence electrons. The minimum Gasteiger partial charge on any atom is -0.389 e. The van der Waals surface area contributed by atoms with Crippen LogP contribution in [-0.2, 0) is 0 Å². The maximum absolute atomic E-state index is 6.27. The summed E-state index contributed by atoms with van der Waals surface area (Å²) in [5.74, 6) is 0.508. The van der Waals surface area contributed by atoms with Gasteiger partial charge in [-0.2, -0.15) is 0 Å². The number of rotatable bonds is 6. The van der Waals surface area contributed by atoms with Crippen molar-refractivity contribution in [2.75, 3.05) is 26.0 Å². The molecule has 0 aliphatic carbocycles. The number of nitrogens with zero attached hydrogens (tertiary/aromatic N) is 1. The van der Waals surface area contributed by atoms with Gasteiger partial charge >= 0.3 is 0 Å². The number of likely N-dealkylation sites (N-methyl/N-ethyl adjacent to an activating group) is 1. The van der Waals surface area contributed by atoms with Crippen LogP contribution in [0.5, 0.6) is 0 Å². The van der Waals surface area contributed by atoms with Gasteiger partial charge in [0.15, 0.2) is 0 Å². The first kappa shape index (κ1) is 16.2. The second-order valence-corrected chi connectivity index (χ2v) is 6.16. The zero-order valence-corrected chi connectivity index (χ0v) is 13.5. The zero-order chi connectivity index (χ0) is 14.6. The van der Waals surface area contributed by atoms with Gasteiger partial charge in [0.25, 0.3) is 0 Å². The Kier molecular flexibility index (Phi) is 6.04.